The Hall–Kier alpha value is -4.41. The molecule has 210 valence electrons. The zero-order valence-electron chi connectivity index (χ0n) is 21.5. The van der Waals surface area contributed by atoms with Gasteiger partial charge in [0.1, 0.15) is 24.2 Å². The van der Waals surface area contributed by atoms with Crippen LogP contribution >= 0.6 is 11.6 Å². The van der Waals surface area contributed by atoms with Crippen molar-refractivity contribution >= 4 is 39.2 Å². The minimum absolute atomic E-state index is 0.0145. The van der Waals surface area contributed by atoms with Crippen molar-refractivity contribution in [2.24, 2.45) is 0 Å². The highest BCUT2D eigenvalue weighted by atomic mass is 35.5. The molecule has 8 nitrogen and oxygen atoms in total. The molecule has 1 aliphatic heterocycles. The Morgan fingerprint density at radius 2 is 1.63 bits per heavy atom. The second-order valence-electron chi connectivity index (χ2n) is 9.27. The predicted molar refractivity (Wildman–Crippen MR) is 152 cm³/mol. The van der Waals surface area contributed by atoms with Gasteiger partial charge in [-0.15, -0.1) is 0 Å². The highest BCUT2D eigenvalue weighted by molar-refractivity contribution is 7.93. The molecule has 1 atom stereocenters. The van der Waals surface area contributed by atoms with Crippen LogP contribution in [0.2, 0.25) is 5.02 Å². The lowest BCUT2D eigenvalue weighted by Crippen LogP contribution is -2.48. The van der Waals surface area contributed by atoms with Gasteiger partial charge < -0.3 is 15.2 Å². The van der Waals surface area contributed by atoms with Gasteiger partial charge in [0.15, 0.2) is 0 Å². The Kier molecular flexibility index (Phi) is 7.96. The van der Waals surface area contributed by atoms with Crippen LogP contribution < -0.4 is 14.4 Å². The van der Waals surface area contributed by atoms with Crippen LogP contribution in [0.5, 0.6) is 5.75 Å². The van der Waals surface area contributed by atoms with Crippen molar-refractivity contribution in [3.05, 3.63) is 113 Å². The van der Waals surface area contributed by atoms with E-state index in [1.165, 1.54) is 42.5 Å². The molecule has 5 rings (SSSR count). The molecule has 2 N–H and O–H groups in total. The van der Waals surface area contributed by atoms with Gasteiger partial charge in [-0.25, -0.2) is 17.6 Å². The van der Waals surface area contributed by atoms with Crippen molar-refractivity contribution in [3.63, 3.8) is 0 Å². The van der Waals surface area contributed by atoms with Gasteiger partial charge in [-0.3, -0.25) is 9.10 Å². The maximum atomic E-state index is 13.8. The van der Waals surface area contributed by atoms with Gasteiger partial charge in [0, 0.05) is 6.42 Å². The highest BCUT2D eigenvalue weighted by Crippen LogP contribution is 2.37. The summed E-state index contributed by atoms with van der Waals surface area (Å²) in [5.41, 5.74) is 2.62. The number of fused-ring (bicyclic) bond motifs is 1. The number of aromatic carboxylic acids is 1. The number of benzene rings is 4. The smallest absolute Gasteiger partial charge is 0.335 e. The van der Waals surface area contributed by atoms with Crippen molar-refractivity contribution in [1.82, 2.24) is 5.32 Å². The minimum atomic E-state index is -4.13. The first-order valence-corrected chi connectivity index (χ1v) is 14.4. The molecular formula is C30H24ClFN2O6S. The predicted octanol–water partition coefficient (Wildman–Crippen LogP) is 5.16. The Balaban J connectivity index is 1.31. The van der Waals surface area contributed by atoms with Crippen molar-refractivity contribution in [1.29, 1.82) is 0 Å². The molecule has 0 saturated heterocycles. The lowest BCUT2D eigenvalue weighted by Gasteiger charge is -2.26. The number of carbonyl (C=O) groups is 2. The molecule has 1 heterocycles. The number of carbonyl (C=O) groups excluding carboxylic acids is 1. The van der Waals surface area contributed by atoms with Crippen LogP contribution in [0, 0.1) is 5.82 Å². The number of carboxylic acid groups (broad SMARTS) is 1. The molecule has 4 aromatic carbocycles. The average Bonchev–Trinajstić information content (AvgIpc) is 3.37. The number of sulfonamides is 1. The molecule has 0 aromatic heterocycles. The first-order chi connectivity index (χ1) is 19.6. The second kappa shape index (κ2) is 11.6. The maximum absolute atomic E-state index is 13.8. The Morgan fingerprint density at radius 3 is 2.29 bits per heavy atom. The maximum Gasteiger partial charge on any atom is 0.335 e. The van der Waals surface area contributed by atoms with Crippen LogP contribution in [0.1, 0.15) is 15.9 Å². The molecule has 0 aliphatic carbocycles. The van der Waals surface area contributed by atoms with Gasteiger partial charge in [-0.05, 0) is 65.2 Å². The molecule has 4 aromatic rings. The van der Waals surface area contributed by atoms with E-state index >= 15 is 0 Å². The number of hydrogen-bond donors (Lipinski definition) is 2. The van der Waals surface area contributed by atoms with Crippen molar-refractivity contribution in [2.75, 3.05) is 17.5 Å². The van der Waals surface area contributed by atoms with E-state index in [1.807, 2.05) is 0 Å². The van der Waals surface area contributed by atoms with E-state index < -0.39 is 27.9 Å². The molecule has 0 unspecified atom stereocenters. The van der Waals surface area contributed by atoms with Crippen LogP contribution in [0.25, 0.3) is 11.1 Å². The Bertz CT molecular complexity index is 1710. The third kappa shape index (κ3) is 5.89. The van der Waals surface area contributed by atoms with Crippen molar-refractivity contribution < 1.29 is 32.2 Å². The van der Waals surface area contributed by atoms with Crippen LogP contribution in [0.15, 0.2) is 95.9 Å². The summed E-state index contributed by atoms with van der Waals surface area (Å²) in [6, 6.07) is 22.1. The first kappa shape index (κ1) is 28.1. The van der Waals surface area contributed by atoms with Gasteiger partial charge in [0.05, 0.1) is 27.7 Å². The normalized spacial score (nSPS) is 14.4. The minimum Gasteiger partial charge on any atom is -0.490 e. The number of nitrogens with zero attached hydrogens (tertiary/aromatic N) is 1. The number of nitrogens with one attached hydrogen (secondary N) is 1. The highest BCUT2D eigenvalue weighted by Gasteiger charge is 2.42. The SMILES string of the molecule is O=C(O)c1ccc(OCCNC(=O)[C@@H]2Cc3ccccc3N2S(=O)(=O)c2ccc(-c3ccc(F)cc3)cc2)c(Cl)c1. The molecule has 11 heteroatoms. The van der Waals surface area contributed by atoms with E-state index in [4.69, 9.17) is 21.4 Å². The van der Waals surface area contributed by atoms with Crippen LogP contribution in [-0.2, 0) is 21.2 Å². The van der Waals surface area contributed by atoms with E-state index in [-0.39, 0.29) is 46.6 Å². The summed E-state index contributed by atoms with van der Waals surface area (Å²) in [7, 11) is -4.13. The fourth-order valence-corrected chi connectivity index (χ4v) is 6.52. The molecule has 41 heavy (non-hydrogen) atoms. The summed E-state index contributed by atoms with van der Waals surface area (Å²) in [6.45, 7) is 0.0814. The zero-order valence-corrected chi connectivity index (χ0v) is 23.0. The number of amides is 1. The van der Waals surface area contributed by atoms with Crippen LogP contribution in [0.4, 0.5) is 10.1 Å². The molecule has 0 radical (unpaired) electrons. The molecule has 1 aliphatic rings. The molecule has 0 fully saturated rings. The molecule has 1 amide bonds. The number of ether oxygens (including phenoxy) is 1. The Morgan fingerprint density at radius 1 is 0.976 bits per heavy atom. The monoisotopic (exact) mass is 594 g/mol. The lowest BCUT2D eigenvalue weighted by molar-refractivity contribution is -0.122. The summed E-state index contributed by atoms with van der Waals surface area (Å²) < 4.78 is 47.7. The second-order valence-corrected chi connectivity index (χ2v) is 11.5. The number of carboxylic acids is 1. The third-order valence-electron chi connectivity index (χ3n) is 6.65. The summed E-state index contributed by atoms with van der Waals surface area (Å²) in [6.07, 6.45) is 0.193. The van der Waals surface area contributed by atoms with E-state index in [1.54, 1.807) is 48.5 Å². The summed E-state index contributed by atoms with van der Waals surface area (Å²) in [5, 5.41) is 11.9. The van der Waals surface area contributed by atoms with Gasteiger partial charge >= 0.3 is 5.97 Å². The fraction of sp³-hybridized carbons (Fsp3) is 0.133. The topological polar surface area (TPSA) is 113 Å². The van der Waals surface area contributed by atoms with Crippen molar-refractivity contribution in [3.8, 4) is 16.9 Å². The zero-order chi connectivity index (χ0) is 29.1. The van der Waals surface area contributed by atoms with Gasteiger partial charge in [0.2, 0.25) is 5.91 Å². The number of hydrogen-bond acceptors (Lipinski definition) is 5. The summed E-state index contributed by atoms with van der Waals surface area (Å²) in [5.74, 6) is -1.72. The fourth-order valence-electron chi connectivity index (χ4n) is 4.63. The number of anilines is 1. The molecule has 0 spiro atoms. The first-order valence-electron chi connectivity index (χ1n) is 12.6. The average molecular weight is 595 g/mol. The molecular weight excluding hydrogens is 571 g/mol. The van der Waals surface area contributed by atoms with E-state index in [0.29, 0.717) is 5.69 Å². The van der Waals surface area contributed by atoms with Gasteiger partial charge in [0.25, 0.3) is 10.0 Å². The van der Waals surface area contributed by atoms with Crippen LogP contribution in [0.3, 0.4) is 0 Å². The van der Waals surface area contributed by atoms with Gasteiger partial charge in [-0.2, -0.15) is 0 Å². The third-order valence-corrected chi connectivity index (χ3v) is 8.79. The molecule has 0 bridgehead atoms. The van der Waals surface area contributed by atoms with Gasteiger partial charge in [-0.1, -0.05) is 54.1 Å². The number of rotatable bonds is 9. The van der Waals surface area contributed by atoms with Crippen molar-refractivity contribution in [2.45, 2.75) is 17.4 Å². The standard InChI is InChI=1S/C30H24ClFN2O6S/c31-25-17-22(30(36)37)9-14-28(25)40-16-15-33-29(35)27-18-21-3-1-2-4-26(21)34(27)41(38,39)24-12-7-20(8-13-24)19-5-10-23(32)11-6-19/h1-14,17,27H,15-16,18H2,(H,33,35)(H,36,37)/t27-/m0/s1. The molecule has 0 saturated carbocycles. The summed E-state index contributed by atoms with van der Waals surface area (Å²) in [4.78, 5) is 24.4. The quantitative estimate of drug-likeness (QED) is 0.259. The number of halogens is 2. The van der Waals surface area contributed by atoms with E-state index in [9.17, 15) is 22.4 Å². The lowest BCUT2D eigenvalue weighted by atomic mass is 10.1. The largest absolute Gasteiger partial charge is 0.490 e. The summed E-state index contributed by atoms with van der Waals surface area (Å²) >= 11 is 6.08. The van der Waals surface area contributed by atoms with Crippen LogP contribution in [-0.4, -0.2) is 44.6 Å². The number of para-hydroxylation sites is 1. The van der Waals surface area contributed by atoms with E-state index in [2.05, 4.69) is 5.32 Å². The van der Waals surface area contributed by atoms with E-state index in [0.717, 1.165) is 21.0 Å². The Labute approximate surface area is 241 Å².